The predicted octanol–water partition coefficient (Wildman–Crippen LogP) is 2.05. The summed E-state index contributed by atoms with van der Waals surface area (Å²) in [6.07, 6.45) is -0.408. The van der Waals surface area contributed by atoms with E-state index in [2.05, 4.69) is 38.5 Å². The second-order valence-electron chi connectivity index (χ2n) is 6.26. The number of amides is 3. The first-order valence-corrected chi connectivity index (χ1v) is 9.03. The largest absolute Gasteiger partial charge is 0.444 e. The third-order valence-corrected chi connectivity index (χ3v) is 3.81. The Morgan fingerprint density at radius 3 is 2.28 bits per heavy atom. The average molecular weight is 461 g/mol. The Balaban J connectivity index is 2.16. The number of rotatable bonds is 7. The number of benzene rings is 1. The molecule has 25 heavy (non-hydrogen) atoms. The molecule has 8 heteroatoms. The Kier molecular flexibility index (Phi) is 8.67. The molecule has 0 aliphatic rings. The molecule has 3 amide bonds. The van der Waals surface area contributed by atoms with E-state index in [0.717, 1.165) is 3.57 Å². The lowest BCUT2D eigenvalue weighted by atomic mass is 10.2. The molecule has 1 rings (SSSR count). The summed E-state index contributed by atoms with van der Waals surface area (Å²) in [7, 11) is 0. The summed E-state index contributed by atoms with van der Waals surface area (Å²) in [5.41, 5.74) is 0.0391. The number of hydrogen-bond acceptors (Lipinski definition) is 4. The van der Waals surface area contributed by atoms with Gasteiger partial charge in [-0.3, -0.25) is 9.59 Å². The molecule has 0 unspecified atom stereocenters. The van der Waals surface area contributed by atoms with Crippen molar-refractivity contribution in [1.29, 1.82) is 0 Å². The van der Waals surface area contributed by atoms with Crippen LogP contribution in [-0.2, 0) is 9.53 Å². The van der Waals surface area contributed by atoms with Crippen LogP contribution in [0.5, 0.6) is 0 Å². The molecule has 0 aliphatic heterocycles. The molecule has 138 valence electrons. The van der Waals surface area contributed by atoms with Gasteiger partial charge in [-0.05, 0) is 55.5 Å². The summed E-state index contributed by atoms with van der Waals surface area (Å²) in [5, 5.41) is 7.94. The topological polar surface area (TPSA) is 96.5 Å². The predicted molar refractivity (Wildman–Crippen MR) is 103 cm³/mol. The number of nitrogens with one attached hydrogen (secondary N) is 3. The van der Waals surface area contributed by atoms with Crippen molar-refractivity contribution in [3.05, 3.63) is 33.4 Å². The number of carbonyl (C=O) groups excluding carboxylic acids is 3. The molecule has 0 atom stereocenters. The highest BCUT2D eigenvalue weighted by molar-refractivity contribution is 14.1. The van der Waals surface area contributed by atoms with E-state index in [1.807, 2.05) is 12.1 Å². The second-order valence-corrected chi connectivity index (χ2v) is 7.43. The minimum atomic E-state index is -0.568. The Labute approximate surface area is 161 Å². The van der Waals surface area contributed by atoms with Crippen LogP contribution in [0.4, 0.5) is 4.79 Å². The first kappa shape index (κ1) is 21.2. The van der Waals surface area contributed by atoms with Gasteiger partial charge in [0.1, 0.15) is 5.60 Å². The van der Waals surface area contributed by atoms with E-state index in [1.54, 1.807) is 32.9 Å². The molecule has 1 aromatic carbocycles. The van der Waals surface area contributed by atoms with Crippen LogP contribution in [0.3, 0.4) is 0 Å². The van der Waals surface area contributed by atoms with Crippen LogP contribution < -0.4 is 16.0 Å². The monoisotopic (exact) mass is 461 g/mol. The van der Waals surface area contributed by atoms with E-state index in [4.69, 9.17) is 4.74 Å². The average Bonchev–Trinajstić information content (AvgIpc) is 2.50. The van der Waals surface area contributed by atoms with Gasteiger partial charge in [0.25, 0.3) is 5.91 Å². The molecule has 0 heterocycles. The maximum atomic E-state index is 12.0. The van der Waals surface area contributed by atoms with Crippen molar-refractivity contribution in [2.75, 3.05) is 19.6 Å². The van der Waals surface area contributed by atoms with E-state index >= 15 is 0 Å². The van der Waals surface area contributed by atoms with Gasteiger partial charge in [-0.2, -0.15) is 0 Å². The van der Waals surface area contributed by atoms with Crippen molar-refractivity contribution in [1.82, 2.24) is 16.0 Å². The molecule has 1 aromatic rings. The maximum absolute atomic E-state index is 12.0. The molecule has 0 spiro atoms. The van der Waals surface area contributed by atoms with Crippen molar-refractivity contribution in [2.45, 2.75) is 32.8 Å². The molecule has 0 saturated carbocycles. The summed E-state index contributed by atoms with van der Waals surface area (Å²) in [6.45, 7) is 6.14. The first-order valence-electron chi connectivity index (χ1n) is 7.95. The van der Waals surface area contributed by atoms with E-state index in [-0.39, 0.29) is 24.8 Å². The van der Waals surface area contributed by atoms with Crippen molar-refractivity contribution in [3.8, 4) is 0 Å². The van der Waals surface area contributed by atoms with Gasteiger partial charge in [0, 0.05) is 29.6 Å². The van der Waals surface area contributed by atoms with Crippen molar-refractivity contribution in [3.63, 3.8) is 0 Å². The second kappa shape index (κ2) is 10.2. The van der Waals surface area contributed by atoms with Crippen LogP contribution in [0.2, 0.25) is 0 Å². The summed E-state index contributed by atoms with van der Waals surface area (Å²) in [4.78, 5) is 35.1. The van der Waals surface area contributed by atoms with Crippen molar-refractivity contribution >= 4 is 40.5 Å². The molecule has 0 aromatic heterocycles. The molecule has 0 radical (unpaired) electrons. The third kappa shape index (κ3) is 9.28. The smallest absolute Gasteiger partial charge is 0.407 e. The number of ether oxygens (including phenoxy) is 1. The van der Waals surface area contributed by atoms with Crippen molar-refractivity contribution in [2.24, 2.45) is 0 Å². The van der Waals surface area contributed by atoms with Gasteiger partial charge in [0.05, 0.1) is 5.56 Å². The van der Waals surface area contributed by atoms with Crippen LogP contribution in [0.25, 0.3) is 0 Å². The summed E-state index contributed by atoms with van der Waals surface area (Å²) in [5.74, 6) is -0.384. The molecule has 0 bridgehead atoms. The van der Waals surface area contributed by atoms with Crippen molar-refractivity contribution < 1.29 is 19.1 Å². The first-order chi connectivity index (χ1) is 11.7. The van der Waals surface area contributed by atoms with Gasteiger partial charge in [0.2, 0.25) is 5.91 Å². The molecular weight excluding hydrogens is 437 g/mol. The Hall–Kier alpha value is -1.84. The number of hydrogen-bond donors (Lipinski definition) is 3. The van der Waals surface area contributed by atoms with Gasteiger partial charge >= 0.3 is 6.09 Å². The van der Waals surface area contributed by atoms with Crippen LogP contribution >= 0.6 is 22.6 Å². The minimum absolute atomic E-state index is 0.143. The molecule has 3 N–H and O–H groups in total. The standard InChI is InChI=1S/C17H24IN3O4/c1-17(2,3)25-16(24)21-9-8-14(22)19-10-11-20-15(23)12-6-4-5-7-13(12)18/h4-7H,8-11H2,1-3H3,(H,19,22)(H,20,23)(H,21,24). The third-order valence-electron chi connectivity index (χ3n) is 2.87. The van der Waals surface area contributed by atoms with E-state index in [0.29, 0.717) is 18.7 Å². The van der Waals surface area contributed by atoms with Gasteiger partial charge in [-0.15, -0.1) is 0 Å². The maximum Gasteiger partial charge on any atom is 0.407 e. The Morgan fingerprint density at radius 2 is 1.64 bits per heavy atom. The zero-order valence-corrected chi connectivity index (χ0v) is 16.8. The minimum Gasteiger partial charge on any atom is -0.444 e. The van der Waals surface area contributed by atoms with Gasteiger partial charge in [-0.1, -0.05) is 12.1 Å². The summed E-state index contributed by atoms with van der Waals surface area (Å²) in [6, 6.07) is 7.27. The Morgan fingerprint density at radius 1 is 1.00 bits per heavy atom. The quantitative estimate of drug-likeness (QED) is 0.428. The highest BCUT2D eigenvalue weighted by atomic mass is 127. The molecule has 0 fully saturated rings. The van der Waals surface area contributed by atoms with Crippen LogP contribution in [0, 0.1) is 3.57 Å². The van der Waals surface area contributed by atoms with Gasteiger partial charge in [-0.25, -0.2) is 4.79 Å². The van der Waals surface area contributed by atoms with Gasteiger partial charge < -0.3 is 20.7 Å². The lowest BCUT2D eigenvalue weighted by Gasteiger charge is -2.19. The van der Waals surface area contributed by atoms with Crippen LogP contribution in [-0.4, -0.2) is 43.1 Å². The normalized spacial score (nSPS) is 10.7. The van der Waals surface area contributed by atoms with Crippen LogP contribution in [0.15, 0.2) is 24.3 Å². The van der Waals surface area contributed by atoms with E-state index < -0.39 is 11.7 Å². The molecule has 0 saturated heterocycles. The Bertz CT molecular complexity index is 614. The number of halogens is 1. The number of carbonyl (C=O) groups is 3. The summed E-state index contributed by atoms with van der Waals surface area (Å²) < 4.78 is 5.94. The fourth-order valence-electron chi connectivity index (χ4n) is 1.80. The molecule has 0 aliphatic carbocycles. The SMILES string of the molecule is CC(C)(C)OC(=O)NCCC(=O)NCCNC(=O)c1ccccc1I. The summed E-state index contributed by atoms with van der Waals surface area (Å²) >= 11 is 2.10. The lowest BCUT2D eigenvalue weighted by molar-refractivity contribution is -0.120. The fourth-order valence-corrected chi connectivity index (χ4v) is 2.43. The zero-order chi connectivity index (χ0) is 18.9. The molecule has 7 nitrogen and oxygen atoms in total. The fraction of sp³-hybridized carbons (Fsp3) is 0.471. The number of alkyl carbamates (subject to hydrolysis) is 1. The highest BCUT2D eigenvalue weighted by Crippen LogP contribution is 2.10. The van der Waals surface area contributed by atoms with Crippen LogP contribution in [0.1, 0.15) is 37.6 Å². The lowest BCUT2D eigenvalue weighted by Crippen LogP contribution is -2.37. The van der Waals surface area contributed by atoms with Gasteiger partial charge in [0.15, 0.2) is 0 Å². The van der Waals surface area contributed by atoms with E-state index in [9.17, 15) is 14.4 Å². The zero-order valence-electron chi connectivity index (χ0n) is 14.6. The van der Waals surface area contributed by atoms with E-state index in [1.165, 1.54) is 0 Å². The molecular formula is C17H24IN3O4. The highest BCUT2D eigenvalue weighted by Gasteiger charge is 2.15.